The average Bonchev–Trinajstić information content (AvgIpc) is 1.84. The van der Waals surface area contributed by atoms with E-state index in [-0.39, 0.29) is 5.97 Å². The second-order valence-electron chi connectivity index (χ2n) is 3.51. The first kappa shape index (κ1) is 11.4. The van der Waals surface area contributed by atoms with E-state index in [4.69, 9.17) is 4.74 Å². The van der Waals surface area contributed by atoms with Crippen molar-refractivity contribution >= 4 is 5.97 Å². The van der Waals surface area contributed by atoms with Gasteiger partial charge in [-0.3, -0.25) is 4.79 Å². The van der Waals surface area contributed by atoms with Crippen LogP contribution in [-0.4, -0.2) is 23.3 Å². The lowest BCUT2D eigenvalue weighted by Crippen LogP contribution is -2.28. The molecule has 12 heavy (non-hydrogen) atoms. The highest BCUT2D eigenvalue weighted by Gasteiger charge is 2.17. The average molecular weight is 174 g/mol. The molecule has 0 spiro atoms. The lowest BCUT2D eigenvalue weighted by Gasteiger charge is -2.19. The number of aliphatic hydroxyl groups excluding tert-OH is 1. The Morgan fingerprint density at radius 2 is 1.92 bits per heavy atom. The maximum absolute atomic E-state index is 10.5. The first-order valence-corrected chi connectivity index (χ1v) is 4.28. The summed E-state index contributed by atoms with van der Waals surface area (Å²) in [7, 11) is 0. The fourth-order valence-electron chi connectivity index (χ4n) is 1.01. The molecule has 1 N–H and O–H groups in total. The molecule has 0 radical (unpaired) electrons. The normalized spacial score (nSPS) is 15.8. The fourth-order valence-corrected chi connectivity index (χ4v) is 1.01. The van der Waals surface area contributed by atoms with Gasteiger partial charge in [0.1, 0.15) is 6.10 Å². The minimum atomic E-state index is -0.547. The molecule has 0 bridgehead atoms. The van der Waals surface area contributed by atoms with Gasteiger partial charge in [0.25, 0.3) is 0 Å². The molecule has 0 aliphatic heterocycles. The number of hydrogen-bond acceptors (Lipinski definition) is 3. The Labute approximate surface area is 73.7 Å². The van der Waals surface area contributed by atoms with Gasteiger partial charge in [0.05, 0.1) is 6.10 Å². The van der Waals surface area contributed by atoms with Gasteiger partial charge < -0.3 is 9.84 Å². The number of carbonyl (C=O) groups is 1. The van der Waals surface area contributed by atoms with Crippen LogP contribution in [0.15, 0.2) is 0 Å². The molecule has 0 heterocycles. The summed E-state index contributed by atoms with van der Waals surface area (Å²) in [5.41, 5.74) is 0. The Bertz CT molecular complexity index is 143. The highest BCUT2D eigenvalue weighted by atomic mass is 16.6. The van der Waals surface area contributed by atoms with E-state index in [9.17, 15) is 9.90 Å². The molecule has 72 valence electrons. The molecule has 3 heteroatoms. The molecule has 0 rings (SSSR count). The zero-order valence-electron chi connectivity index (χ0n) is 8.20. The third-order valence-corrected chi connectivity index (χ3v) is 1.61. The van der Waals surface area contributed by atoms with Crippen LogP contribution in [0, 0.1) is 5.92 Å². The Kier molecular flexibility index (Phi) is 4.90. The minimum absolute atomic E-state index is 0.342. The molecule has 0 aromatic carbocycles. The van der Waals surface area contributed by atoms with E-state index >= 15 is 0 Å². The predicted octanol–water partition coefficient (Wildman–Crippen LogP) is 1.34. The summed E-state index contributed by atoms with van der Waals surface area (Å²) in [6.45, 7) is 7.08. The number of carbonyl (C=O) groups excluding carboxylic acids is 1. The van der Waals surface area contributed by atoms with Gasteiger partial charge in [-0.15, -0.1) is 0 Å². The van der Waals surface area contributed by atoms with E-state index in [0.717, 1.165) is 0 Å². The van der Waals surface area contributed by atoms with E-state index < -0.39 is 12.2 Å². The van der Waals surface area contributed by atoms with Gasteiger partial charge in [-0.2, -0.15) is 0 Å². The molecule has 0 aromatic heterocycles. The molecule has 0 amide bonds. The summed E-state index contributed by atoms with van der Waals surface area (Å²) in [4.78, 5) is 10.5. The Morgan fingerprint density at radius 3 is 2.25 bits per heavy atom. The monoisotopic (exact) mass is 174 g/mol. The standard InChI is InChI=1S/C9H18O3/c1-6(2)5-9(11)7(3)12-8(4)10/h6-7,9,11H,5H2,1-4H3. The summed E-state index contributed by atoms with van der Waals surface area (Å²) < 4.78 is 4.82. The van der Waals surface area contributed by atoms with E-state index in [1.807, 2.05) is 13.8 Å². The van der Waals surface area contributed by atoms with Gasteiger partial charge in [-0.1, -0.05) is 13.8 Å². The molecule has 2 atom stereocenters. The third-order valence-electron chi connectivity index (χ3n) is 1.61. The Hall–Kier alpha value is -0.570. The number of ether oxygens (including phenoxy) is 1. The largest absolute Gasteiger partial charge is 0.460 e. The molecule has 0 aliphatic carbocycles. The van der Waals surface area contributed by atoms with Crippen LogP contribution >= 0.6 is 0 Å². The Morgan fingerprint density at radius 1 is 1.42 bits per heavy atom. The third kappa shape index (κ3) is 5.13. The van der Waals surface area contributed by atoms with Gasteiger partial charge in [-0.05, 0) is 19.3 Å². The van der Waals surface area contributed by atoms with Gasteiger partial charge in [0, 0.05) is 6.92 Å². The van der Waals surface area contributed by atoms with Crippen molar-refractivity contribution in [3.63, 3.8) is 0 Å². The van der Waals surface area contributed by atoms with E-state index in [0.29, 0.717) is 12.3 Å². The fraction of sp³-hybridized carbons (Fsp3) is 0.889. The molecule has 3 nitrogen and oxygen atoms in total. The summed E-state index contributed by atoms with van der Waals surface area (Å²) in [6.07, 6.45) is -0.284. The summed E-state index contributed by atoms with van der Waals surface area (Å²) in [5.74, 6) is 0.0725. The highest BCUT2D eigenvalue weighted by Crippen LogP contribution is 2.10. The van der Waals surface area contributed by atoms with Crippen molar-refractivity contribution in [3.8, 4) is 0 Å². The molecule has 0 saturated carbocycles. The van der Waals surface area contributed by atoms with Crippen molar-refractivity contribution in [2.45, 2.75) is 46.3 Å². The number of rotatable bonds is 4. The van der Waals surface area contributed by atoms with Crippen molar-refractivity contribution in [2.75, 3.05) is 0 Å². The molecule has 0 aromatic rings. The van der Waals surface area contributed by atoms with Gasteiger partial charge in [0.15, 0.2) is 0 Å². The van der Waals surface area contributed by atoms with Crippen LogP contribution in [0.25, 0.3) is 0 Å². The van der Waals surface area contributed by atoms with Gasteiger partial charge in [-0.25, -0.2) is 0 Å². The number of hydrogen-bond donors (Lipinski definition) is 1. The first-order valence-electron chi connectivity index (χ1n) is 4.28. The topological polar surface area (TPSA) is 46.5 Å². The van der Waals surface area contributed by atoms with E-state index in [2.05, 4.69) is 0 Å². The smallest absolute Gasteiger partial charge is 0.302 e. The SMILES string of the molecule is CC(=O)OC(C)C(O)CC(C)C. The summed E-state index contributed by atoms with van der Waals surface area (Å²) in [5, 5.41) is 9.46. The lowest BCUT2D eigenvalue weighted by molar-refractivity contribution is -0.151. The van der Waals surface area contributed by atoms with Crippen molar-refractivity contribution in [3.05, 3.63) is 0 Å². The molecule has 0 aliphatic rings. The quantitative estimate of drug-likeness (QED) is 0.654. The zero-order chi connectivity index (χ0) is 9.72. The van der Waals surface area contributed by atoms with Crippen LogP contribution < -0.4 is 0 Å². The van der Waals surface area contributed by atoms with E-state index in [1.165, 1.54) is 6.92 Å². The highest BCUT2D eigenvalue weighted by molar-refractivity contribution is 5.66. The van der Waals surface area contributed by atoms with Crippen molar-refractivity contribution in [2.24, 2.45) is 5.92 Å². The minimum Gasteiger partial charge on any atom is -0.460 e. The van der Waals surface area contributed by atoms with Gasteiger partial charge in [0.2, 0.25) is 0 Å². The molecule has 2 unspecified atom stereocenters. The summed E-state index contributed by atoms with van der Waals surface area (Å²) in [6, 6.07) is 0. The van der Waals surface area contributed by atoms with Crippen molar-refractivity contribution in [1.82, 2.24) is 0 Å². The van der Waals surface area contributed by atoms with Crippen LogP contribution in [0.1, 0.15) is 34.1 Å². The maximum atomic E-state index is 10.5. The molecule has 0 fully saturated rings. The van der Waals surface area contributed by atoms with E-state index in [1.54, 1.807) is 6.92 Å². The van der Waals surface area contributed by atoms with Crippen LogP contribution in [0.2, 0.25) is 0 Å². The van der Waals surface area contributed by atoms with Crippen molar-refractivity contribution < 1.29 is 14.6 Å². The predicted molar refractivity (Wildman–Crippen MR) is 46.7 cm³/mol. The molecular formula is C9H18O3. The van der Waals surface area contributed by atoms with Crippen molar-refractivity contribution in [1.29, 1.82) is 0 Å². The zero-order valence-corrected chi connectivity index (χ0v) is 8.20. The Balaban J connectivity index is 3.76. The van der Waals surface area contributed by atoms with Crippen LogP contribution in [-0.2, 0) is 9.53 Å². The number of esters is 1. The van der Waals surface area contributed by atoms with Crippen LogP contribution in [0.3, 0.4) is 0 Å². The van der Waals surface area contributed by atoms with Crippen LogP contribution in [0.4, 0.5) is 0 Å². The summed E-state index contributed by atoms with van der Waals surface area (Å²) >= 11 is 0. The second kappa shape index (κ2) is 5.14. The number of aliphatic hydroxyl groups is 1. The lowest BCUT2D eigenvalue weighted by atomic mass is 10.0. The van der Waals surface area contributed by atoms with Gasteiger partial charge >= 0.3 is 5.97 Å². The van der Waals surface area contributed by atoms with Crippen LogP contribution in [0.5, 0.6) is 0 Å². The second-order valence-corrected chi connectivity index (χ2v) is 3.51. The maximum Gasteiger partial charge on any atom is 0.302 e. The molecular weight excluding hydrogens is 156 g/mol. The first-order chi connectivity index (χ1) is 5.43. The molecule has 0 saturated heterocycles.